The first-order valence-electron chi connectivity index (χ1n) is 14.8. The van der Waals surface area contributed by atoms with Gasteiger partial charge in [0.25, 0.3) is 0 Å². The van der Waals surface area contributed by atoms with Gasteiger partial charge in [0.1, 0.15) is 6.04 Å². The van der Waals surface area contributed by atoms with Crippen LogP contribution in [0.3, 0.4) is 0 Å². The predicted octanol–water partition coefficient (Wildman–Crippen LogP) is 5.01. The molecular formula is C30H51NO5. The van der Waals surface area contributed by atoms with E-state index in [1.807, 2.05) is 13.8 Å². The van der Waals surface area contributed by atoms with E-state index in [1.165, 1.54) is 12.8 Å². The number of rotatable bonds is 8. The van der Waals surface area contributed by atoms with Crippen molar-refractivity contribution in [1.29, 1.82) is 0 Å². The molecule has 0 aromatic carbocycles. The van der Waals surface area contributed by atoms with E-state index >= 15 is 0 Å². The van der Waals surface area contributed by atoms with Crippen molar-refractivity contribution in [2.24, 2.45) is 52.3 Å². The molecule has 4 fully saturated rings. The minimum Gasteiger partial charge on any atom is -0.480 e. The van der Waals surface area contributed by atoms with Gasteiger partial charge in [0.2, 0.25) is 5.91 Å². The highest BCUT2D eigenvalue weighted by Crippen LogP contribution is 2.68. The van der Waals surface area contributed by atoms with Gasteiger partial charge in [0.15, 0.2) is 0 Å². The molecule has 4 aliphatic rings. The Morgan fingerprint density at radius 2 is 1.72 bits per heavy atom. The summed E-state index contributed by atoms with van der Waals surface area (Å²) in [5, 5.41) is 34.3. The predicted molar refractivity (Wildman–Crippen MR) is 140 cm³/mol. The Kier molecular flexibility index (Phi) is 8.17. The third-order valence-electron chi connectivity index (χ3n) is 12.1. The monoisotopic (exact) mass is 505 g/mol. The number of carboxylic acid groups (broad SMARTS) is 1. The molecule has 12 atom stereocenters. The molecule has 1 amide bonds. The Morgan fingerprint density at radius 1 is 1.00 bits per heavy atom. The van der Waals surface area contributed by atoms with E-state index in [1.54, 1.807) is 0 Å². The van der Waals surface area contributed by atoms with Crippen LogP contribution in [0.2, 0.25) is 0 Å². The van der Waals surface area contributed by atoms with Crippen LogP contribution in [-0.4, -0.2) is 45.4 Å². The molecule has 0 spiro atoms. The number of aliphatic hydroxyl groups excluding tert-OH is 2. The maximum absolute atomic E-state index is 12.7. The van der Waals surface area contributed by atoms with E-state index in [0.29, 0.717) is 48.3 Å². The minimum absolute atomic E-state index is 0.104. The summed E-state index contributed by atoms with van der Waals surface area (Å²) in [7, 11) is 0. The Bertz CT molecular complexity index is 817. The fourth-order valence-corrected chi connectivity index (χ4v) is 9.65. The number of amides is 1. The van der Waals surface area contributed by atoms with Gasteiger partial charge >= 0.3 is 5.97 Å². The summed E-state index contributed by atoms with van der Waals surface area (Å²) in [6.07, 6.45) is 9.78. The fourth-order valence-electron chi connectivity index (χ4n) is 9.65. The SMILES string of the molecule is CC[C@@H](C)[C@H](NC(=O)CCC(C)[C@H]1CC[C@H]2[C@@H]3CC[C@@H]4C[C@H](O)CC[C@]4(C)[C@H]3C[C@H](O)[C@]12C)C(=O)O. The second-order valence-electron chi connectivity index (χ2n) is 13.7. The van der Waals surface area contributed by atoms with Crippen molar-refractivity contribution in [2.45, 2.75) is 123 Å². The highest BCUT2D eigenvalue weighted by Gasteiger charge is 2.63. The third-order valence-corrected chi connectivity index (χ3v) is 12.1. The van der Waals surface area contributed by atoms with E-state index in [-0.39, 0.29) is 34.9 Å². The maximum atomic E-state index is 12.7. The van der Waals surface area contributed by atoms with Gasteiger partial charge in [-0.3, -0.25) is 4.79 Å². The van der Waals surface area contributed by atoms with Crippen molar-refractivity contribution >= 4 is 11.9 Å². The lowest BCUT2D eigenvalue weighted by atomic mass is 9.43. The molecule has 0 aromatic rings. The molecule has 4 aliphatic carbocycles. The number of nitrogens with one attached hydrogen (secondary N) is 1. The molecule has 4 rings (SSSR count). The number of aliphatic hydroxyl groups is 2. The standard InChI is InChI=1S/C30H51NO5/c1-6-17(2)27(28(35)36)31-26(34)12-7-18(3)22-10-11-23-21-9-8-19-15-20(32)13-14-29(19,4)24(21)16-25(33)30(22,23)5/h17-25,27,32-33H,6-16H2,1-5H3,(H,31,34)(H,35,36)/t17-,18?,19-,20-,21+,22-,23+,24+,25+,27+,29+,30-/m1/s1. The van der Waals surface area contributed by atoms with Gasteiger partial charge in [-0.15, -0.1) is 0 Å². The molecular weight excluding hydrogens is 454 g/mol. The van der Waals surface area contributed by atoms with Crippen molar-refractivity contribution in [3.8, 4) is 0 Å². The molecule has 0 bridgehead atoms. The highest BCUT2D eigenvalue weighted by molar-refractivity contribution is 5.83. The van der Waals surface area contributed by atoms with Crippen LogP contribution < -0.4 is 5.32 Å². The first kappa shape index (κ1) is 27.9. The zero-order valence-electron chi connectivity index (χ0n) is 23.2. The lowest BCUT2D eigenvalue weighted by molar-refractivity contribution is -0.175. The number of carboxylic acids is 1. The molecule has 0 aliphatic heterocycles. The Balaban J connectivity index is 1.41. The van der Waals surface area contributed by atoms with Crippen LogP contribution in [0.1, 0.15) is 105 Å². The van der Waals surface area contributed by atoms with Crippen molar-refractivity contribution in [2.75, 3.05) is 0 Å². The molecule has 0 radical (unpaired) electrons. The third kappa shape index (κ3) is 4.74. The number of aliphatic carboxylic acids is 1. The number of fused-ring (bicyclic) bond motifs is 5. The normalized spacial score (nSPS) is 44.5. The van der Waals surface area contributed by atoms with E-state index in [0.717, 1.165) is 44.9 Å². The first-order chi connectivity index (χ1) is 16.9. The lowest BCUT2D eigenvalue weighted by Crippen LogP contribution is -2.58. The summed E-state index contributed by atoms with van der Waals surface area (Å²) in [6.45, 7) is 10.8. The largest absolute Gasteiger partial charge is 0.480 e. The van der Waals surface area contributed by atoms with E-state index in [9.17, 15) is 24.9 Å². The maximum Gasteiger partial charge on any atom is 0.326 e. The van der Waals surface area contributed by atoms with E-state index in [4.69, 9.17) is 0 Å². The molecule has 36 heavy (non-hydrogen) atoms. The van der Waals surface area contributed by atoms with Crippen LogP contribution in [0, 0.1) is 52.3 Å². The summed E-state index contributed by atoms with van der Waals surface area (Å²) in [6, 6.07) is -0.833. The molecule has 6 heteroatoms. The van der Waals surface area contributed by atoms with Gasteiger partial charge in [-0.2, -0.15) is 0 Å². The van der Waals surface area contributed by atoms with Crippen LogP contribution >= 0.6 is 0 Å². The number of carbonyl (C=O) groups is 2. The van der Waals surface area contributed by atoms with Crippen LogP contribution in [0.4, 0.5) is 0 Å². The van der Waals surface area contributed by atoms with Crippen LogP contribution in [0.25, 0.3) is 0 Å². The second-order valence-corrected chi connectivity index (χ2v) is 13.7. The molecule has 4 saturated carbocycles. The highest BCUT2D eigenvalue weighted by atomic mass is 16.4. The van der Waals surface area contributed by atoms with Crippen LogP contribution in [0.15, 0.2) is 0 Å². The van der Waals surface area contributed by atoms with Crippen LogP contribution in [-0.2, 0) is 9.59 Å². The molecule has 6 nitrogen and oxygen atoms in total. The van der Waals surface area contributed by atoms with Gasteiger partial charge in [-0.05, 0) is 110 Å². The first-order valence-corrected chi connectivity index (χ1v) is 14.8. The average molecular weight is 506 g/mol. The van der Waals surface area contributed by atoms with Gasteiger partial charge in [0.05, 0.1) is 12.2 Å². The smallest absolute Gasteiger partial charge is 0.326 e. The van der Waals surface area contributed by atoms with E-state index in [2.05, 4.69) is 26.1 Å². The summed E-state index contributed by atoms with van der Waals surface area (Å²) < 4.78 is 0. The summed E-state index contributed by atoms with van der Waals surface area (Å²) in [4.78, 5) is 24.3. The zero-order valence-corrected chi connectivity index (χ0v) is 23.2. The van der Waals surface area contributed by atoms with Crippen molar-refractivity contribution in [3.05, 3.63) is 0 Å². The topological polar surface area (TPSA) is 107 Å². The Morgan fingerprint density at radius 3 is 2.39 bits per heavy atom. The summed E-state index contributed by atoms with van der Waals surface area (Å²) in [5.74, 6) is 1.76. The molecule has 206 valence electrons. The van der Waals surface area contributed by atoms with Gasteiger partial charge in [0, 0.05) is 6.42 Å². The molecule has 1 unspecified atom stereocenters. The van der Waals surface area contributed by atoms with Gasteiger partial charge in [-0.1, -0.05) is 41.0 Å². The number of carbonyl (C=O) groups excluding carboxylic acids is 1. The number of hydrogen-bond acceptors (Lipinski definition) is 4. The van der Waals surface area contributed by atoms with Crippen molar-refractivity contribution < 1.29 is 24.9 Å². The molecule has 0 heterocycles. The van der Waals surface area contributed by atoms with Crippen molar-refractivity contribution in [3.63, 3.8) is 0 Å². The Hall–Kier alpha value is -1.14. The summed E-state index contributed by atoms with van der Waals surface area (Å²) in [5.41, 5.74) is 0.122. The average Bonchev–Trinajstić information content (AvgIpc) is 3.20. The fraction of sp³-hybridized carbons (Fsp3) is 0.933. The van der Waals surface area contributed by atoms with Crippen molar-refractivity contribution in [1.82, 2.24) is 5.32 Å². The van der Waals surface area contributed by atoms with Gasteiger partial charge < -0.3 is 20.6 Å². The molecule has 4 N–H and O–H groups in total. The number of hydrogen-bond donors (Lipinski definition) is 4. The second kappa shape index (κ2) is 10.6. The van der Waals surface area contributed by atoms with Crippen LogP contribution in [0.5, 0.6) is 0 Å². The lowest BCUT2D eigenvalue weighted by Gasteiger charge is -2.62. The van der Waals surface area contributed by atoms with E-state index < -0.39 is 12.0 Å². The molecule has 0 aromatic heterocycles. The van der Waals surface area contributed by atoms with Gasteiger partial charge in [-0.25, -0.2) is 4.79 Å². The summed E-state index contributed by atoms with van der Waals surface area (Å²) >= 11 is 0. The minimum atomic E-state index is -0.965. The molecule has 0 saturated heterocycles. The Labute approximate surface area is 218 Å². The quantitative estimate of drug-likeness (QED) is 0.371. The zero-order chi connectivity index (χ0) is 26.4.